The molecule has 0 aliphatic rings. The molecule has 0 aliphatic carbocycles. The summed E-state index contributed by atoms with van der Waals surface area (Å²) >= 11 is 0. The highest BCUT2D eigenvalue weighted by Crippen LogP contribution is 2.03. The Morgan fingerprint density at radius 2 is 1.67 bits per heavy atom. The zero-order valence-corrected chi connectivity index (χ0v) is 7.89. The Hall–Kier alpha value is -0.760. The highest BCUT2D eigenvalue weighted by atomic mass is 32.3. The summed E-state index contributed by atoms with van der Waals surface area (Å²) in [6.07, 6.45) is 1.41. The van der Waals surface area contributed by atoms with Gasteiger partial charge in [-0.2, -0.15) is 8.42 Å². The Morgan fingerprint density at radius 1 is 1.25 bits per heavy atom. The van der Waals surface area contributed by atoms with E-state index in [2.05, 4.69) is 4.40 Å². The predicted molar refractivity (Wildman–Crippen MR) is 39.6 cm³/mol. The molecule has 0 aromatic carbocycles. The van der Waals surface area contributed by atoms with Gasteiger partial charge in [-0.05, 0) is 0 Å². The van der Waals surface area contributed by atoms with Crippen molar-refractivity contribution in [2.24, 2.45) is 4.40 Å². The first-order valence-electron chi connectivity index (χ1n) is 2.50. The van der Waals surface area contributed by atoms with Crippen LogP contribution in [0.5, 0.6) is 0 Å². The van der Waals surface area contributed by atoms with E-state index in [1.54, 1.807) is 0 Å². The van der Waals surface area contributed by atoms with Crippen LogP contribution in [-0.2, 0) is 25.0 Å². The summed E-state index contributed by atoms with van der Waals surface area (Å²) in [5.74, 6) is 0. The van der Waals surface area contributed by atoms with Crippen LogP contribution < -0.4 is 0 Å². The molecule has 7 nitrogen and oxygen atoms in total. The minimum absolute atomic E-state index is 0.0229. The molecule has 0 spiro atoms. The second-order valence-corrected chi connectivity index (χ2v) is 5.67. The van der Waals surface area contributed by atoms with Crippen LogP contribution in [-0.4, -0.2) is 39.9 Å². The quantitative estimate of drug-likeness (QED) is 0.418. The van der Waals surface area contributed by atoms with E-state index in [-0.39, 0.29) is 3.71 Å². The molecule has 0 heterocycles. The summed E-state index contributed by atoms with van der Waals surface area (Å²) < 4.78 is 44.9. The summed E-state index contributed by atoms with van der Waals surface area (Å²) in [7, 11) is -7.56. The van der Waals surface area contributed by atoms with E-state index in [4.69, 9.17) is 0 Å². The van der Waals surface area contributed by atoms with Crippen molar-refractivity contribution in [2.45, 2.75) is 0 Å². The Kier molecular flexibility index (Phi) is 3.10. The van der Waals surface area contributed by atoms with Crippen LogP contribution in [0.1, 0.15) is 0 Å². The van der Waals surface area contributed by atoms with Crippen LogP contribution in [0.4, 0.5) is 0 Å². The van der Waals surface area contributed by atoms with Crippen molar-refractivity contribution in [3.05, 3.63) is 0 Å². The second-order valence-electron chi connectivity index (χ2n) is 1.80. The van der Waals surface area contributed by atoms with Crippen LogP contribution in [0.3, 0.4) is 0 Å². The maximum Gasteiger partial charge on any atom is 0.345 e. The van der Waals surface area contributed by atoms with Gasteiger partial charge < -0.3 is 0 Å². The Balaban J connectivity index is 5.25. The SMILES string of the molecule is CN(S(C)(=O)=O)S(=O)(=O)N=C=O. The van der Waals surface area contributed by atoms with E-state index in [1.165, 1.54) is 0 Å². The van der Waals surface area contributed by atoms with Gasteiger partial charge in [0.2, 0.25) is 10.0 Å². The van der Waals surface area contributed by atoms with Gasteiger partial charge in [-0.15, -0.1) is 0 Å². The number of hydrogen-bond donors (Lipinski definition) is 0. The highest BCUT2D eigenvalue weighted by Gasteiger charge is 2.25. The molecular weight excluding hydrogens is 208 g/mol. The van der Waals surface area contributed by atoms with Crippen molar-refractivity contribution >= 4 is 26.3 Å². The van der Waals surface area contributed by atoms with Gasteiger partial charge in [0.25, 0.3) is 6.08 Å². The summed E-state index contributed by atoms with van der Waals surface area (Å²) in [5.41, 5.74) is 0. The molecule has 0 rings (SSSR count). The lowest BCUT2D eigenvalue weighted by Crippen LogP contribution is -2.30. The first kappa shape index (κ1) is 11.2. The standard InChI is InChI=1S/C3H6N2O5S2/c1-5(11(2,7)8)12(9,10)4-3-6/h1-2H3. The van der Waals surface area contributed by atoms with Gasteiger partial charge in [0, 0.05) is 7.05 Å². The fourth-order valence-electron chi connectivity index (χ4n) is 0.276. The lowest BCUT2D eigenvalue weighted by Gasteiger charge is -2.08. The number of rotatable bonds is 3. The van der Waals surface area contributed by atoms with Crippen LogP contribution in [0.2, 0.25) is 0 Å². The van der Waals surface area contributed by atoms with Crippen molar-refractivity contribution < 1.29 is 21.6 Å². The minimum Gasteiger partial charge on any atom is -0.211 e. The summed E-state index contributed by atoms with van der Waals surface area (Å²) in [4.78, 5) is 9.56. The van der Waals surface area contributed by atoms with Crippen LogP contribution in [0, 0.1) is 0 Å². The lowest BCUT2D eigenvalue weighted by atomic mass is 11.6. The number of hydrogen-bond acceptors (Lipinski definition) is 5. The smallest absolute Gasteiger partial charge is 0.211 e. The number of sulfonamides is 1. The summed E-state index contributed by atoms with van der Waals surface area (Å²) in [5, 5.41) is 0. The van der Waals surface area contributed by atoms with Crippen LogP contribution in [0.25, 0.3) is 0 Å². The molecule has 0 bridgehead atoms. The monoisotopic (exact) mass is 214 g/mol. The molecule has 0 radical (unpaired) electrons. The molecule has 70 valence electrons. The molecule has 0 saturated heterocycles. The third-order valence-corrected chi connectivity index (χ3v) is 4.21. The Labute approximate surface area is 69.9 Å². The van der Waals surface area contributed by atoms with Crippen LogP contribution in [0.15, 0.2) is 4.40 Å². The van der Waals surface area contributed by atoms with E-state index in [0.29, 0.717) is 6.26 Å². The van der Waals surface area contributed by atoms with Gasteiger partial charge in [0.1, 0.15) is 0 Å². The number of nitrogens with zero attached hydrogens (tertiary/aromatic N) is 2. The fourth-order valence-corrected chi connectivity index (χ4v) is 1.95. The Morgan fingerprint density at radius 3 is 1.92 bits per heavy atom. The van der Waals surface area contributed by atoms with Crippen molar-refractivity contribution in [3.8, 4) is 0 Å². The van der Waals surface area contributed by atoms with Crippen molar-refractivity contribution in [1.29, 1.82) is 0 Å². The van der Waals surface area contributed by atoms with Crippen molar-refractivity contribution in [2.75, 3.05) is 13.3 Å². The normalized spacial score (nSPS) is 12.6. The Bertz CT molecular complexity index is 400. The van der Waals surface area contributed by atoms with E-state index in [1.807, 2.05) is 0 Å². The minimum atomic E-state index is -4.42. The van der Waals surface area contributed by atoms with Crippen molar-refractivity contribution in [3.63, 3.8) is 0 Å². The fraction of sp³-hybridized carbons (Fsp3) is 0.667. The van der Waals surface area contributed by atoms with Crippen molar-refractivity contribution in [1.82, 2.24) is 3.71 Å². The molecule has 0 aromatic heterocycles. The number of carbonyl (C=O) groups excluding carboxylic acids is 1. The van der Waals surface area contributed by atoms with Crippen LogP contribution >= 0.6 is 0 Å². The lowest BCUT2D eigenvalue weighted by molar-refractivity contribution is 0.529. The van der Waals surface area contributed by atoms with E-state index >= 15 is 0 Å². The molecular formula is C3H6N2O5S2. The van der Waals surface area contributed by atoms with Gasteiger partial charge in [0.05, 0.1) is 6.26 Å². The summed E-state index contributed by atoms with van der Waals surface area (Å²) in [6.45, 7) is 0. The molecule has 0 saturated carbocycles. The largest absolute Gasteiger partial charge is 0.345 e. The molecule has 0 amide bonds. The van der Waals surface area contributed by atoms with E-state index in [0.717, 1.165) is 13.1 Å². The molecule has 0 unspecified atom stereocenters. The molecule has 0 atom stereocenters. The average Bonchev–Trinajstić information content (AvgIpc) is 1.84. The number of isocyanates is 1. The van der Waals surface area contributed by atoms with Gasteiger partial charge in [-0.25, -0.2) is 13.2 Å². The maximum absolute atomic E-state index is 10.7. The maximum atomic E-state index is 10.7. The van der Waals surface area contributed by atoms with Gasteiger partial charge in [-0.1, -0.05) is 8.11 Å². The average molecular weight is 214 g/mol. The van der Waals surface area contributed by atoms with Gasteiger partial charge in [-0.3, -0.25) is 0 Å². The molecule has 12 heavy (non-hydrogen) atoms. The first-order chi connectivity index (χ1) is 5.22. The van der Waals surface area contributed by atoms with E-state index < -0.39 is 20.2 Å². The highest BCUT2D eigenvalue weighted by molar-refractivity contribution is 8.03. The van der Waals surface area contributed by atoms with Gasteiger partial charge >= 0.3 is 10.2 Å². The molecule has 0 N–H and O–H groups in total. The zero-order chi connectivity index (χ0) is 9.99. The molecule has 0 aromatic rings. The third-order valence-electron chi connectivity index (χ3n) is 0.945. The summed E-state index contributed by atoms with van der Waals surface area (Å²) in [6, 6.07) is 0. The van der Waals surface area contributed by atoms with Gasteiger partial charge in [0.15, 0.2) is 0 Å². The topological polar surface area (TPSA) is 101 Å². The zero-order valence-electron chi connectivity index (χ0n) is 6.25. The molecule has 9 heteroatoms. The second kappa shape index (κ2) is 3.31. The first-order valence-corrected chi connectivity index (χ1v) is 5.74. The molecule has 0 fully saturated rings. The van der Waals surface area contributed by atoms with E-state index in [9.17, 15) is 21.6 Å². The molecule has 0 aliphatic heterocycles. The predicted octanol–water partition coefficient (Wildman–Crippen LogP) is -1.54. The third kappa shape index (κ3) is 2.70.